The molecule has 0 saturated heterocycles. The van der Waals surface area contributed by atoms with E-state index in [-0.39, 0.29) is 18.2 Å². The number of methoxy groups -OCH3 is 1. The Hall–Kier alpha value is -2.01. The van der Waals surface area contributed by atoms with Gasteiger partial charge in [-0.3, -0.25) is 14.9 Å². The summed E-state index contributed by atoms with van der Waals surface area (Å²) in [5, 5.41) is 15.0. The summed E-state index contributed by atoms with van der Waals surface area (Å²) in [4.78, 5) is 22.9. The minimum atomic E-state index is -0.432. The highest BCUT2D eigenvalue weighted by molar-refractivity contribution is 14.1. The molecule has 11 heteroatoms. The fourth-order valence-corrected chi connectivity index (χ4v) is 5.42. The summed E-state index contributed by atoms with van der Waals surface area (Å²) in [6.45, 7) is 0.205. The van der Waals surface area contributed by atoms with E-state index in [0.717, 1.165) is 16.3 Å². The number of benzene rings is 3. The molecular weight excluding hydrogens is 767 g/mol. The Morgan fingerprint density at radius 3 is 2.48 bits per heavy atom. The number of amides is 1. The lowest BCUT2D eigenvalue weighted by Gasteiger charge is -2.11. The third-order valence-electron chi connectivity index (χ3n) is 4.32. The van der Waals surface area contributed by atoms with Crippen LogP contribution in [0.4, 0.5) is 5.69 Å². The van der Waals surface area contributed by atoms with Crippen LogP contribution in [0.1, 0.15) is 21.5 Å². The molecule has 0 bridgehead atoms. The number of hydrogen-bond donors (Lipinski definition) is 1. The Labute approximate surface area is 230 Å². The van der Waals surface area contributed by atoms with Gasteiger partial charge in [0.05, 0.1) is 29.0 Å². The molecular formula is C22H16I3N3O5. The maximum atomic E-state index is 12.3. The smallest absolute Gasteiger partial charge is 0.271 e. The lowest BCUT2D eigenvalue weighted by Crippen LogP contribution is -2.17. The number of halogens is 3. The average molecular weight is 783 g/mol. The highest BCUT2D eigenvalue weighted by Gasteiger charge is 2.12. The molecule has 1 amide bonds. The summed E-state index contributed by atoms with van der Waals surface area (Å²) < 4.78 is 13.8. The molecule has 0 aliphatic heterocycles. The molecule has 0 radical (unpaired) electrons. The van der Waals surface area contributed by atoms with E-state index in [1.165, 1.54) is 12.1 Å². The number of hydrogen-bond acceptors (Lipinski definition) is 6. The van der Waals surface area contributed by atoms with Crippen molar-refractivity contribution in [2.75, 3.05) is 7.11 Å². The number of carbonyl (C=O) groups excluding carboxylic acids is 1. The molecule has 0 spiro atoms. The number of hydrazone groups is 1. The number of nitro benzene ring substituents is 1. The van der Waals surface area contributed by atoms with Gasteiger partial charge in [0.15, 0.2) is 0 Å². The molecule has 0 fully saturated rings. The fraction of sp³-hybridized carbons (Fsp3) is 0.0909. The van der Waals surface area contributed by atoms with E-state index in [1.54, 1.807) is 43.7 Å². The minimum Gasteiger partial charge on any atom is -0.496 e. The van der Waals surface area contributed by atoms with Gasteiger partial charge < -0.3 is 9.47 Å². The topological polar surface area (TPSA) is 103 Å². The van der Waals surface area contributed by atoms with Gasteiger partial charge in [0.2, 0.25) is 0 Å². The second-order valence-corrected chi connectivity index (χ2v) is 10.1. The summed E-state index contributed by atoms with van der Waals surface area (Å²) in [5.74, 6) is 0.953. The standard InChI is InChI=1S/C22H16I3N3O5/c1-32-20-10-15(5-6-17(20)23)22(29)27-26-11-14-8-18(24)21(19(25)9-14)33-12-13-3-2-4-16(7-13)28(30)31/h2-11H,12H2,1H3,(H,27,29)/b26-11-. The first-order valence-corrected chi connectivity index (χ1v) is 12.5. The largest absolute Gasteiger partial charge is 0.496 e. The number of carbonyl (C=O) groups is 1. The van der Waals surface area contributed by atoms with Gasteiger partial charge in [-0.1, -0.05) is 12.1 Å². The summed E-state index contributed by atoms with van der Waals surface area (Å²) in [6.07, 6.45) is 1.55. The van der Waals surface area contributed by atoms with Crippen LogP contribution < -0.4 is 14.9 Å². The molecule has 3 rings (SSSR count). The Balaban J connectivity index is 1.66. The first kappa shape index (κ1) is 25.6. The van der Waals surface area contributed by atoms with Crippen LogP contribution in [0.3, 0.4) is 0 Å². The first-order valence-electron chi connectivity index (χ1n) is 9.30. The van der Waals surface area contributed by atoms with Crippen molar-refractivity contribution in [2.24, 2.45) is 5.10 Å². The van der Waals surface area contributed by atoms with Gasteiger partial charge in [-0.15, -0.1) is 0 Å². The Kier molecular flexibility index (Phi) is 9.25. The lowest BCUT2D eigenvalue weighted by atomic mass is 10.2. The fourth-order valence-electron chi connectivity index (χ4n) is 2.74. The number of nitrogens with zero attached hydrogens (tertiary/aromatic N) is 2. The molecule has 3 aromatic carbocycles. The van der Waals surface area contributed by atoms with Crippen LogP contribution in [0.5, 0.6) is 11.5 Å². The molecule has 1 N–H and O–H groups in total. The van der Waals surface area contributed by atoms with Crippen molar-refractivity contribution in [1.82, 2.24) is 5.43 Å². The summed E-state index contributed by atoms with van der Waals surface area (Å²) in [7, 11) is 1.55. The molecule has 0 unspecified atom stereocenters. The van der Waals surface area contributed by atoms with Crippen LogP contribution in [-0.4, -0.2) is 24.2 Å². The molecule has 0 aliphatic carbocycles. The Morgan fingerprint density at radius 2 is 1.82 bits per heavy atom. The summed E-state index contributed by atoms with van der Waals surface area (Å²) in [6, 6.07) is 15.2. The van der Waals surface area contributed by atoms with Gasteiger partial charge in [-0.05, 0) is 109 Å². The Morgan fingerprint density at radius 1 is 1.09 bits per heavy atom. The van der Waals surface area contributed by atoms with E-state index >= 15 is 0 Å². The van der Waals surface area contributed by atoms with Crippen molar-refractivity contribution >= 4 is 85.6 Å². The van der Waals surface area contributed by atoms with E-state index in [2.05, 4.69) is 78.3 Å². The number of rotatable bonds is 8. The zero-order valence-electron chi connectivity index (χ0n) is 17.1. The quantitative estimate of drug-likeness (QED) is 0.136. The van der Waals surface area contributed by atoms with E-state index < -0.39 is 4.92 Å². The van der Waals surface area contributed by atoms with E-state index in [9.17, 15) is 14.9 Å². The van der Waals surface area contributed by atoms with Gasteiger partial charge >= 0.3 is 0 Å². The predicted octanol–water partition coefficient (Wildman–Crippen LogP) is 5.76. The zero-order valence-corrected chi connectivity index (χ0v) is 23.5. The van der Waals surface area contributed by atoms with Crippen LogP contribution in [0.2, 0.25) is 0 Å². The molecule has 0 aliphatic rings. The van der Waals surface area contributed by atoms with E-state index in [1.807, 2.05) is 12.1 Å². The van der Waals surface area contributed by atoms with Crippen molar-refractivity contribution in [3.63, 3.8) is 0 Å². The van der Waals surface area contributed by atoms with Crippen molar-refractivity contribution < 1.29 is 19.2 Å². The van der Waals surface area contributed by atoms with Crippen LogP contribution in [0.25, 0.3) is 0 Å². The normalized spacial score (nSPS) is 10.8. The van der Waals surface area contributed by atoms with Crippen molar-refractivity contribution in [3.8, 4) is 11.5 Å². The molecule has 0 aromatic heterocycles. The van der Waals surface area contributed by atoms with Crippen LogP contribution in [0, 0.1) is 20.8 Å². The highest BCUT2D eigenvalue weighted by atomic mass is 127. The number of nitro groups is 1. The predicted molar refractivity (Wildman–Crippen MR) is 150 cm³/mol. The van der Waals surface area contributed by atoms with Gasteiger partial charge in [0.25, 0.3) is 11.6 Å². The van der Waals surface area contributed by atoms with Gasteiger partial charge in [-0.2, -0.15) is 5.10 Å². The van der Waals surface area contributed by atoms with E-state index in [4.69, 9.17) is 9.47 Å². The van der Waals surface area contributed by atoms with Crippen LogP contribution in [0.15, 0.2) is 59.7 Å². The van der Waals surface area contributed by atoms with Crippen molar-refractivity contribution in [3.05, 3.63) is 92.1 Å². The molecule has 33 heavy (non-hydrogen) atoms. The third-order valence-corrected chi connectivity index (χ3v) is 6.81. The lowest BCUT2D eigenvalue weighted by molar-refractivity contribution is -0.384. The van der Waals surface area contributed by atoms with Gasteiger partial charge in [0, 0.05) is 17.7 Å². The minimum absolute atomic E-state index is 0.0257. The number of non-ortho nitro benzene ring substituents is 1. The Bertz CT molecular complexity index is 1210. The number of ether oxygens (including phenoxy) is 2. The second-order valence-electron chi connectivity index (χ2n) is 6.58. The molecule has 3 aromatic rings. The van der Waals surface area contributed by atoms with Crippen molar-refractivity contribution in [1.29, 1.82) is 0 Å². The molecule has 0 atom stereocenters. The summed E-state index contributed by atoms with van der Waals surface area (Å²) >= 11 is 6.44. The molecule has 0 saturated carbocycles. The molecule has 0 heterocycles. The van der Waals surface area contributed by atoms with E-state index in [0.29, 0.717) is 22.6 Å². The monoisotopic (exact) mass is 783 g/mol. The first-order chi connectivity index (χ1) is 15.8. The third kappa shape index (κ3) is 6.99. The van der Waals surface area contributed by atoms with Gasteiger partial charge in [-0.25, -0.2) is 5.43 Å². The molecule has 8 nitrogen and oxygen atoms in total. The van der Waals surface area contributed by atoms with Crippen molar-refractivity contribution in [2.45, 2.75) is 6.61 Å². The highest BCUT2D eigenvalue weighted by Crippen LogP contribution is 2.29. The second kappa shape index (κ2) is 11.9. The summed E-state index contributed by atoms with van der Waals surface area (Å²) in [5.41, 5.74) is 4.47. The maximum absolute atomic E-state index is 12.3. The SMILES string of the molecule is COc1cc(C(=O)N/N=C\c2cc(I)c(OCc3cccc([N+](=O)[O-])c3)c(I)c2)ccc1I. The van der Waals surface area contributed by atoms with Crippen LogP contribution in [-0.2, 0) is 6.61 Å². The average Bonchev–Trinajstić information content (AvgIpc) is 2.79. The maximum Gasteiger partial charge on any atom is 0.271 e. The zero-order chi connectivity index (χ0) is 24.0. The van der Waals surface area contributed by atoms with Gasteiger partial charge in [0.1, 0.15) is 18.1 Å². The van der Waals surface area contributed by atoms with Crippen LogP contribution >= 0.6 is 67.8 Å². The number of nitrogens with one attached hydrogen (secondary N) is 1. The molecule has 170 valence electrons.